The number of rotatable bonds is 7. The molecule has 0 amide bonds. The molecular formula is C66H45B2N5. The largest absolute Gasteiger partial charge is 0.311 e. The van der Waals surface area contributed by atoms with Gasteiger partial charge >= 0.3 is 0 Å². The first-order valence-corrected chi connectivity index (χ1v) is 25.3. The van der Waals surface area contributed by atoms with Crippen LogP contribution in [-0.4, -0.2) is 13.4 Å². The molecule has 73 heavy (non-hydrogen) atoms. The van der Waals surface area contributed by atoms with Gasteiger partial charge in [-0.2, -0.15) is 0 Å². The number of benzene rings is 11. The molecule has 0 N–H and O–H groups in total. The first-order chi connectivity index (χ1) is 36.3. The fourth-order valence-electron chi connectivity index (χ4n) is 12.5. The predicted molar refractivity (Wildman–Crippen MR) is 309 cm³/mol. The molecule has 0 aliphatic carbocycles. The zero-order chi connectivity index (χ0) is 48.0. The van der Waals surface area contributed by atoms with Crippen molar-refractivity contribution < 1.29 is 0 Å². The normalized spacial score (nSPS) is 13.3. The summed E-state index contributed by atoms with van der Waals surface area (Å²) in [6.45, 7) is -0.0573. The fourth-order valence-corrected chi connectivity index (χ4v) is 12.5. The van der Waals surface area contributed by atoms with Gasteiger partial charge in [0.1, 0.15) is 0 Å². The molecule has 0 unspecified atom stereocenters. The van der Waals surface area contributed by atoms with Gasteiger partial charge < -0.3 is 24.5 Å². The number of nitrogens with zero attached hydrogens (tertiary/aromatic N) is 5. The summed E-state index contributed by atoms with van der Waals surface area (Å²) in [5, 5.41) is 0. The van der Waals surface area contributed by atoms with Crippen molar-refractivity contribution in [1.29, 1.82) is 0 Å². The highest BCUT2D eigenvalue weighted by Gasteiger charge is 2.45. The highest BCUT2D eigenvalue weighted by atomic mass is 15.2. The van der Waals surface area contributed by atoms with Gasteiger partial charge in [0.15, 0.2) is 0 Å². The maximum absolute atomic E-state index is 2.48. The average molecular weight is 930 g/mol. The Balaban J connectivity index is 0.960. The van der Waals surface area contributed by atoms with Gasteiger partial charge in [-0.1, -0.05) is 140 Å². The Labute approximate surface area is 426 Å². The standard InChI is InChI=1S/C66H45B2N5/c1-6-22-46(23-7-1)69(51-40-42-59-55(44-51)67-53-32-16-18-34-57(53)70(47-24-8-2-9-25-47)61-36-20-38-63(65(61)67)72(59)49-28-12-4-13-29-49)52-41-43-60-56(45-52)68-54-33-17-19-35-58(54)71(48-26-10-3-11-27-48)62-37-21-39-64(66(62)68)73(60)50-30-14-5-15-31-50/h1-45H. The Bertz CT molecular complexity index is 3650. The molecule has 0 fully saturated rings. The van der Waals surface area contributed by atoms with Crippen LogP contribution in [0.3, 0.4) is 0 Å². The molecular weight excluding hydrogens is 884 g/mol. The van der Waals surface area contributed by atoms with E-state index < -0.39 is 0 Å². The van der Waals surface area contributed by atoms with Crippen LogP contribution in [0.15, 0.2) is 273 Å². The first-order valence-electron chi connectivity index (χ1n) is 25.3. The number of hydrogen-bond donors (Lipinski definition) is 0. The lowest BCUT2D eigenvalue weighted by Crippen LogP contribution is -2.61. The molecule has 0 spiro atoms. The summed E-state index contributed by atoms with van der Waals surface area (Å²) in [5.41, 5.74) is 25.0. The summed E-state index contributed by atoms with van der Waals surface area (Å²) in [6.07, 6.45) is 0. The zero-order valence-electron chi connectivity index (χ0n) is 39.9. The second kappa shape index (κ2) is 16.6. The quantitative estimate of drug-likeness (QED) is 0.148. The third kappa shape index (κ3) is 6.32. The molecule has 7 heteroatoms. The molecule has 0 bridgehead atoms. The Kier molecular flexibility index (Phi) is 9.39. The SMILES string of the molecule is c1ccc(N(c2ccc3c(c2)B2c4ccccc4N(c4ccccc4)c4cccc(c42)N3c2ccccc2)c2ccc3c(c2)B2c4ccccc4N(c4ccccc4)c4cccc(c42)N3c2ccccc2)cc1. The molecule has 0 saturated heterocycles. The molecule has 0 saturated carbocycles. The first kappa shape index (κ1) is 41.3. The van der Waals surface area contributed by atoms with Crippen LogP contribution >= 0.6 is 0 Å². The molecule has 340 valence electrons. The molecule has 4 aliphatic heterocycles. The molecule has 15 rings (SSSR count). The molecule has 0 atom stereocenters. The van der Waals surface area contributed by atoms with Crippen LogP contribution in [0, 0.1) is 0 Å². The topological polar surface area (TPSA) is 16.2 Å². The molecule has 11 aromatic rings. The lowest BCUT2D eigenvalue weighted by Gasteiger charge is -2.44. The predicted octanol–water partition coefficient (Wildman–Crippen LogP) is 13.3. The van der Waals surface area contributed by atoms with Gasteiger partial charge in [-0.25, -0.2) is 0 Å². The van der Waals surface area contributed by atoms with E-state index in [4.69, 9.17) is 0 Å². The molecule has 4 aliphatic rings. The molecule has 4 heterocycles. The second-order valence-electron chi connectivity index (χ2n) is 19.2. The van der Waals surface area contributed by atoms with Crippen molar-refractivity contribution in [2.75, 3.05) is 24.5 Å². The highest BCUT2D eigenvalue weighted by molar-refractivity contribution is 7.01. The average Bonchev–Trinajstić information content (AvgIpc) is 3.46. The van der Waals surface area contributed by atoms with E-state index in [1.807, 2.05) is 0 Å². The van der Waals surface area contributed by atoms with Gasteiger partial charge in [-0.3, -0.25) is 0 Å². The summed E-state index contributed by atoms with van der Waals surface area (Å²) in [5.74, 6) is 0. The Hall–Kier alpha value is -9.45. The van der Waals surface area contributed by atoms with Crippen molar-refractivity contribution in [3.8, 4) is 0 Å². The van der Waals surface area contributed by atoms with Crippen molar-refractivity contribution >= 4 is 132 Å². The summed E-state index contributed by atoms with van der Waals surface area (Å²) >= 11 is 0. The van der Waals surface area contributed by atoms with Crippen LogP contribution in [0.5, 0.6) is 0 Å². The lowest BCUT2D eigenvalue weighted by molar-refractivity contribution is 1.24. The van der Waals surface area contributed by atoms with Crippen molar-refractivity contribution in [3.05, 3.63) is 273 Å². The number of fused-ring (bicyclic) bond motifs is 8. The van der Waals surface area contributed by atoms with Crippen LogP contribution < -0.4 is 57.3 Å². The fraction of sp³-hybridized carbons (Fsp3) is 0. The third-order valence-corrected chi connectivity index (χ3v) is 15.4. The minimum atomic E-state index is -0.0286. The summed E-state index contributed by atoms with van der Waals surface area (Å²) < 4.78 is 0. The van der Waals surface area contributed by atoms with Crippen molar-refractivity contribution in [3.63, 3.8) is 0 Å². The Morgan fingerprint density at radius 3 is 0.863 bits per heavy atom. The minimum absolute atomic E-state index is 0.0286. The van der Waals surface area contributed by atoms with E-state index in [2.05, 4.69) is 297 Å². The molecule has 0 aromatic heterocycles. The van der Waals surface area contributed by atoms with Gasteiger partial charge in [0.2, 0.25) is 0 Å². The summed E-state index contributed by atoms with van der Waals surface area (Å²) in [7, 11) is 0. The van der Waals surface area contributed by atoms with E-state index in [0.29, 0.717) is 0 Å². The van der Waals surface area contributed by atoms with Gasteiger partial charge in [0.05, 0.1) is 0 Å². The zero-order valence-corrected chi connectivity index (χ0v) is 39.9. The van der Waals surface area contributed by atoms with Gasteiger partial charge in [-0.05, 0) is 166 Å². The van der Waals surface area contributed by atoms with Crippen LogP contribution in [0.1, 0.15) is 0 Å². The van der Waals surface area contributed by atoms with Crippen molar-refractivity contribution in [2.24, 2.45) is 0 Å². The number of hydrogen-bond acceptors (Lipinski definition) is 5. The van der Waals surface area contributed by atoms with Crippen LogP contribution in [-0.2, 0) is 0 Å². The van der Waals surface area contributed by atoms with Crippen LogP contribution in [0.4, 0.5) is 85.3 Å². The molecule has 11 aromatic carbocycles. The van der Waals surface area contributed by atoms with Crippen LogP contribution in [0.25, 0.3) is 0 Å². The van der Waals surface area contributed by atoms with Crippen molar-refractivity contribution in [1.82, 2.24) is 0 Å². The molecule has 5 nitrogen and oxygen atoms in total. The van der Waals surface area contributed by atoms with E-state index in [0.717, 1.165) is 39.8 Å². The monoisotopic (exact) mass is 929 g/mol. The Morgan fingerprint density at radius 2 is 0.507 bits per heavy atom. The highest BCUT2D eigenvalue weighted by Crippen LogP contribution is 2.48. The maximum Gasteiger partial charge on any atom is 0.252 e. The third-order valence-electron chi connectivity index (χ3n) is 15.4. The van der Waals surface area contributed by atoms with Gasteiger partial charge in [0.25, 0.3) is 13.4 Å². The second-order valence-corrected chi connectivity index (χ2v) is 19.2. The molecule has 0 radical (unpaired) electrons. The Morgan fingerprint density at radius 1 is 0.219 bits per heavy atom. The van der Waals surface area contributed by atoms with E-state index in [1.54, 1.807) is 0 Å². The lowest BCUT2D eigenvalue weighted by atomic mass is 9.33. The van der Waals surface area contributed by atoms with Gasteiger partial charge in [-0.15, -0.1) is 0 Å². The number of anilines is 15. The van der Waals surface area contributed by atoms with E-state index >= 15 is 0 Å². The maximum atomic E-state index is 2.48. The summed E-state index contributed by atoms with van der Waals surface area (Å²) in [4.78, 5) is 12.3. The van der Waals surface area contributed by atoms with E-state index in [1.165, 1.54) is 78.3 Å². The minimum Gasteiger partial charge on any atom is -0.311 e. The van der Waals surface area contributed by atoms with Gasteiger partial charge in [0, 0.05) is 85.3 Å². The smallest absolute Gasteiger partial charge is 0.252 e. The van der Waals surface area contributed by atoms with Crippen molar-refractivity contribution in [2.45, 2.75) is 0 Å². The van der Waals surface area contributed by atoms with E-state index in [-0.39, 0.29) is 13.4 Å². The van der Waals surface area contributed by atoms with Crippen LogP contribution in [0.2, 0.25) is 0 Å². The summed E-state index contributed by atoms with van der Waals surface area (Å²) in [6, 6.07) is 100. The number of para-hydroxylation sites is 7. The van der Waals surface area contributed by atoms with E-state index in [9.17, 15) is 0 Å².